The van der Waals surface area contributed by atoms with Gasteiger partial charge in [0.15, 0.2) is 0 Å². The molecule has 0 saturated carbocycles. The van der Waals surface area contributed by atoms with Gasteiger partial charge in [0.25, 0.3) is 0 Å². The SMILES string of the molecule is CC(C)C1CCN(Cc2cc(Cl)ccc2O)C1. The lowest BCUT2D eigenvalue weighted by Gasteiger charge is -2.18. The molecule has 0 aliphatic carbocycles. The fourth-order valence-corrected chi connectivity index (χ4v) is 2.67. The van der Waals surface area contributed by atoms with E-state index >= 15 is 0 Å². The van der Waals surface area contributed by atoms with E-state index in [4.69, 9.17) is 11.6 Å². The van der Waals surface area contributed by atoms with E-state index in [1.165, 1.54) is 6.42 Å². The van der Waals surface area contributed by atoms with Gasteiger partial charge in [-0.1, -0.05) is 25.4 Å². The van der Waals surface area contributed by atoms with Crippen LogP contribution in [0.5, 0.6) is 5.75 Å². The third-order valence-corrected chi connectivity index (χ3v) is 3.92. The predicted molar refractivity (Wildman–Crippen MR) is 71.3 cm³/mol. The van der Waals surface area contributed by atoms with Crippen LogP contribution in [-0.4, -0.2) is 23.1 Å². The maximum absolute atomic E-state index is 9.79. The number of aromatic hydroxyl groups is 1. The summed E-state index contributed by atoms with van der Waals surface area (Å²) in [5.74, 6) is 1.88. The van der Waals surface area contributed by atoms with Crippen molar-refractivity contribution in [3.05, 3.63) is 28.8 Å². The molecular weight excluding hydrogens is 234 g/mol. The third kappa shape index (κ3) is 3.14. The van der Waals surface area contributed by atoms with Gasteiger partial charge in [0.1, 0.15) is 5.75 Å². The molecule has 1 saturated heterocycles. The molecule has 94 valence electrons. The zero-order chi connectivity index (χ0) is 12.4. The van der Waals surface area contributed by atoms with E-state index in [-0.39, 0.29) is 0 Å². The molecule has 1 aliphatic heterocycles. The van der Waals surface area contributed by atoms with Crippen LogP contribution in [0.2, 0.25) is 5.02 Å². The van der Waals surface area contributed by atoms with Gasteiger partial charge in [0.05, 0.1) is 0 Å². The van der Waals surface area contributed by atoms with Crippen LogP contribution in [0.25, 0.3) is 0 Å². The van der Waals surface area contributed by atoms with Crippen LogP contribution in [0, 0.1) is 11.8 Å². The normalized spacial score (nSPS) is 21.3. The number of hydrogen-bond acceptors (Lipinski definition) is 2. The Morgan fingerprint density at radius 2 is 2.24 bits per heavy atom. The highest BCUT2D eigenvalue weighted by atomic mass is 35.5. The average molecular weight is 254 g/mol. The van der Waals surface area contributed by atoms with Gasteiger partial charge in [-0.05, 0) is 43.0 Å². The van der Waals surface area contributed by atoms with Crippen molar-refractivity contribution in [2.75, 3.05) is 13.1 Å². The molecule has 2 rings (SSSR count). The van der Waals surface area contributed by atoms with Crippen LogP contribution in [0.3, 0.4) is 0 Å². The summed E-state index contributed by atoms with van der Waals surface area (Å²) in [6, 6.07) is 5.26. The van der Waals surface area contributed by atoms with Gasteiger partial charge in [-0.3, -0.25) is 4.90 Å². The minimum absolute atomic E-state index is 0.349. The minimum Gasteiger partial charge on any atom is -0.508 e. The van der Waals surface area contributed by atoms with E-state index in [0.29, 0.717) is 10.8 Å². The van der Waals surface area contributed by atoms with Crippen LogP contribution in [0.4, 0.5) is 0 Å². The van der Waals surface area contributed by atoms with Crippen LogP contribution >= 0.6 is 11.6 Å². The topological polar surface area (TPSA) is 23.5 Å². The number of phenolic OH excluding ortho intramolecular Hbond substituents is 1. The quantitative estimate of drug-likeness (QED) is 0.891. The van der Waals surface area contributed by atoms with E-state index in [1.54, 1.807) is 12.1 Å². The predicted octanol–water partition coefficient (Wildman–Crippen LogP) is 3.52. The smallest absolute Gasteiger partial charge is 0.120 e. The van der Waals surface area contributed by atoms with Crippen molar-refractivity contribution in [2.45, 2.75) is 26.8 Å². The molecule has 1 unspecified atom stereocenters. The Balaban J connectivity index is 2.00. The number of benzene rings is 1. The maximum atomic E-state index is 9.79. The summed E-state index contributed by atoms with van der Waals surface area (Å²) in [5.41, 5.74) is 0.932. The van der Waals surface area contributed by atoms with Crippen molar-refractivity contribution >= 4 is 11.6 Å². The van der Waals surface area contributed by atoms with Crippen LogP contribution in [0.15, 0.2) is 18.2 Å². The second-order valence-corrected chi connectivity index (χ2v) is 5.74. The standard InChI is InChI=1S/C14H20ClNO/c1-10(2)11-5-6-16(8-11)9-12-7-13(15)3-4-14(12)17/h3-4,7,10-11,17H,5-6,8-9H2,1-2H3. The van der Waals surface area contributed by atoms with E-state index in [0.717, 1.165) is 37.0 Å². The first-order chi connectivity index (χ1) is 8.06. The Kier molecular flexibility index (Phi) is 3.95. The molecule has 2 nitrogen and oxygen atoms in total. The second kappa shape index (κ2) is 5.28. The number of likely N-dealkylation sites (tertiary alicyclic amines) is 1. The summed E-state index contributed by atoms with van der Waals surface area (Å²) in [7, 11) is 0. The van der Waals surface area contributed by atoms with Gasteiger partial charge >= 0.3 is 0 Å². The summed E-state index contributed by atoms with van der Waals surface area (Å²) >= 11 is 5.95. The van der Waals surface area contributed by atoms with Crippen molar-refractivity contribution in [2.24, 2.45) is 11.8 Å². The summed E-state index contributed by atoms with van der Waals surface area (Å²) in [4.78, 5) is 2.40. The lowest BCUT2D eigenvalue weighted by Crippen LogP contribution is -2.21. The van der Waals surface area contributed by atoms with Crippen LogP contribution in [-0.2, 0) is 6.54 Å². The summed E-state index contributed by atoms with van der Waals surface area (Å²) in [6.07, 6.45) is 1.26. The molecule has 1 aliphatic rings. The van der Waals surface area contributed by atoms with Gasteiger partial charge in [0, 0.05) is 23.7 Å². The maximum Gasteiger partial charge on any atom is 0.120 e. The van der Waals surface area contributed by atoms with Crippen LogP contribution in [0.1, 0.15) is 25.8 Å². The molecule has 0 amide bonds. The number of hydrogen-bond donors (Lipinski definition) is 1. The Hall–Kier alpha value is -0.730. The van der Waals surface area contributed by atoms with E-state index in [1.807, 2.05) is 6.07 Å². The Morgan fingerprint density at radius 3 is 2.88 bits per heavy atom. The monoisotopic (exact) mass is 253 g/mol. The highest BCUT2D eigenvalue weighted by molar-refractivity contribution is 6.30. The van der Waals surface area contributed by atoms with Gasteiger partial charge in [-0.15, -0.1) is 0 Å². The first-order valence-corrected chi connectivity index (χ1v) is 6.64. The zero-order valence-corrected chi connectivity index (χ0v) is 11.2. The van der Waals surface area contributed by atoms with E-state index < -0.39 is 0 Å². The number of phenols is 1. The van der Waals surface area contributed by atoms with Gasteiger partial charge < -0.3 is 5.11 Å². The van der Waals surface area contributed by atoms with E-state index in [9.17, 15) is 5.11 Å². The zero-order valence-electron chi connectivity index (χ0n) is 10.5. The highest BCUT2D eigenvalue weighted by Crippen LogP contribution is 2.28. The molecule has 1 N–H and O–H groups in total. The number of nitrogens with zero attached hydrogens (tertiary/aromatic N) is 1. The largest absolute Gasteiger partial charge is 0.508 e. The molecule has 0 bridgehead atoms. The molecule has 0 aromatic heterocycles. The molecule has 17 heavy (non-hydrogen) atoms. The molecule has 1 aromatic rings. The second-order valence-electron chi connectivity index (χ2n) is 5.30. The summed E-state index contributed by atoms with van der Waals surface area (Å²) in [6.45, 7) is 7.62. The molecule has 1 atom stereocenters. The first-order valence-electron chi connectivity index (χ1n) is 6.26. The van der Waals surface area contributed by atoms with Gasteiger partial charge in [0.2, 0.25) is 0 Å². The van der Waals surface area contributed by atoms with Crippen molar-refractivity contribution in [1.82, 2.24) is 4.90 Å². The molecule has 1 aromatic carbocycles. The van der Waals surface area contributed by atoms with Gasteiger partial charge in [-0.25, -0.2) is 0 Å². The third-order valence-electron chi connectivity index (χ3n) is 3.69. The highest BCUT2D eigenvalue weighted by Gasteiger charge is 2.25. The fraction of sp³-hybridized carbons (Fsp3) is 0.571. The van der Waals surface area contributed by atoms with Crippen molar-refractivity contribution in [3.63, 3.8) is 0 Å². The Bertz CT molecular complexity index is 392. The Morgan fingerprint density at radius 1 is 1.47 bits per heavy atom. The average Bonchev–Trinajstić information content (AvgIpc) is 2.72. The fourth-order valence-electron chi connectivity index (χ4n) is 2.47. The molecule has 0 radical (unpaired) electrons. The lowest BCUT2D eigenvalue weighted by atomic mass is 9.95. The van der Waals surface area contributed by atoms with E-state index in [2.05, 4.69) is 18.7 Å². The number of halogens is 1. The molecular formula is C14H20ClNO. The number of rotatable bonds is 3. The molecule has 1 heterocycles. The van der Waals surface area contributed by atoms with Crippen molar-refractivity contribution in [1.29, 1.82) is 0 Å². The van der Waals surface area contributed by atoms with Crippen molar-refractivity contribution in [3.8, 4) is 5.75 Å². The molecule has 1 fully saturated rings. The van der Waals surface area contributed by atoms with Crippen molar-refractivity contribution < 1.29 is 5.11 Å². The Labute approximate surface area is 108 Å². The molecule has 0 spiro atoms. The lowest BCUT2D eigenvalue weighted by molar-refractivity contribution is 0.292. The molecule has 3 heteroatoms. The summed E-state index contributed by atoms with van der Waals surface area (Å²) in [5, 5.41) is 10.5. The summed E-state index contributed by atoms with van der Waals surface area (Å²) < 4.78 is 0. The van der Waals surface area contributed by atoms with Gasteiger partial charge in [-0.2, -0.15) is 0 Å². The first kappa shape index (κ1) is 12.7. The van der Waals surface area contributed by atoms with Crippen LogP contribution < -0.4 is 0 Å². The minimum atomic E-state index is 0.349.